The van der Waals surface area contributed by atoms with E-state index >= 15 is 0 Å². The number of hydrogen-bond acceptors (Lipinski definition) is 2. The van der Waals surface area contributed by atoms with Gasteiger partial charge < -0.3 is 9.64 Å². The van der Waals surface area contributed by atoms with Gasteiger partial charge in [0.15, 0.2) is 0 Å². The summed E-state index contributed by atoms with van der Waals surface area (Å²) in [6, 6.07) is 8.12. The molecule has 0 saturated carbocycles. The Morgan fingerprint density at radius 2 is 1.90 bits per heavy atom. The number of halogens is 1. The van der Waals surface area contributed by atoms with E-state index in [2.05, 4.69) is 59.2 Å². The molecule has 0 bridgehead atoms. The van der Waals surface area contributed by atoms with Crippen LogP contribution < -0.4 is 4.74 Å². The van der Waals surface area contributed by atoms with E-state index in [-0.39, 0.29) is 32.7 Å². The van der Waals surface area contributed by atoms with Gasteiger partial charge in [0.1, 0.15) is 5.75 Å². The SMILES string of the molecule is C=C1C(I)=C[C-]=C(c2ccc(OCC)cc2)N1CC.[Y]. The third-order valence-electron chi connectivity index (χ3n) is 2.96. The largest absolute Gasteiger partial charge is 0.494 e. The van der Waals surface area contributed by atoms with Crippen molar-refractivity contribution < 1.29 is 37.4 Å². The van der Waals surface area contributed by atoms with Gasteiger partial charge in [0.05, 0.1) is 6.61 Å². The average Bonchev–Trinajstić information content (AvgIpc) is 2.43. The fraction of sp³-hybridized carbons (Fsp3) is 0.250. The van der Waals surface area contributed by atoms with Gasteiger partial charge in [0, 0.05) is 39.3 Å². The van der Waals surface area contributed by atoms with Crippen LogP contribution in [-0.4, -0.2) is 18.1 Å². The first kappa shape index (κ1) is 17.9. The first-order chi connectivity index (χ1) is 9.17. The minimum absolute atomic E-state index is 0. The van der Waals surface area contributed by atoms with E-state index in [1.54, 1.807) is 0 Å². The predicted molar refractivity (Wildman–Crippen MR) is 87.9 cm³/mol. The molecule has 0 N–H and O–H groups in total. The standard InChI is InChI=1S/C16H17INO.Y/c1-4-18-12(3)15(17)10-11-16(18)13-6-8-14(9-7-13)19-5-2;/h6-10H,3-5H2,1-2H3;/q-1;. The third kappa shape index (κ3) is 3.95. The van der Waals surface area contributed by atoms with E-state index in [0.717, 1.165) is 32.8 Å². The van der Waals surface area contributed by atoms with Crippen molar-refractivity contribution in [2.75, 3.05) is 13.2 Å². The zero-order chi connectivity index (χ0) is 13.8. The summed E-state index contributed by atoms with van der Waals surface area (Å²) in [6.07, 6.45) is 5.33. The molecule has 20 heavy (non-hydrogen) atoms. The van der Waals surface area contributed by atoms with Gasteiger partial charge in [-0.2, -0.15) is 12.2 Å². The van der Waals surface area contributed by atoms with E-state index in [1.807, 2.05) is 25.1 Å². The van der Waals surface area contributed by atoms with E-state index in [0.29, 0.717) is 6.61 Å². The van der Waals surface area contributed by atoms with Crippen molar-refractivity contribution in [1.82, 2.24) is 4.90 Å². The van der Waals surface area contributed by atoms with Crippen LogP contribution in [0.1, 0.15) is 19.4 Å². The molecule has 4 heteroatoms. The normalized spacial score (nSPS) is 14.3. The van der Waals surface area contributed by atoms with Crippen LogP contribution in [0, 0.1) is 6.08 Å². The summed E-state index contributed by atoms with van der Waals surface area (Å²) in [4.78, 5) is 2.18. The Balaban J connectivity index is 0.00000200. The zero-order valence-corrected chi connectivity index (χ0v) is 16.8. The molecule has 2 rings (SSSR count). The number of likely N-dealkylation sites (N-methyl/N-ethyl adjacent to an activating group) is 1. The van der Waals surface area contributed by atoms with Crippen LogP contribution >= 0.6 is 22.6 Å². The molecule has 0 atom stereocenters. The van der Waals surface area contributed by atoms with Gasteiger partial charge in [-0.05, 0) is 31.7 Å². The van der Waals surface area contributed by atoms with E-state index in [1.165, 1.54) is 0 Å². The molecule has 1 radical (unpaired) electrons. The van der Waals surface area contributed by atoms with E-state index in [9.17, 15) is 0 Å². The summed E-state index contributed by atoms with van der Waals surface area (Å²) >= 11 is 2.29. The van der Waals surface area contributed by atoms with Crippen LogP contribution in [0.25, 0.3) is 5.70 Å². The fourth-order valence-corrected chi connectivity index (χ4v) is 2.47. The topological polar surface area (TPSA) is 12.5 Å². The first-order valence-electron chi connectivity index (χ1n) is 6.36. The zero-order valence-electron chi connectivity index (χ0n) is 11.8. The van der Waals surface area contributed by atoms with Crippen molar-refractivity contribution >= 4 is 28.3 Å². The molecule has 2 nitrogen and oxygen atoms in total. The smallest absolute Gasteiger partial charge is 0.117 e. The maximum atomic E-state index is 5.47. The number of benzene rings is 1. The van der Waals surface area contributed by atoms with E-state index < -0.39 is 0 Å². The van der Waals surface area contributed by atoms with Crippen molar-refractivity contribution in [3.8, 4) is 5.75 Å². The van der Waals surface area contributed by atoms with Gasteiger partial charge in [-0.1, -0.05) is 21.4 Å². The van der Waals surface area contributed by atoms with Crippen LogP contribution in [-0.2, 0) is 32.7 Å². The summed E-state index contributed by atoms with van der Waals surface area (Å²) in [5.41, 5.74) is 3.23. The Labute approximate surface area is 160 Å². The second-order valence-corrected chi connectivity index (χ2v) is 5.30. The predicted octanol–water partition coefficient (Wildman–Crippen LogP) is 4.39. The van der Waals surface area contributed by atoms with E-state index in [4.69, 9.17) is 4.74 Å². The van der Waals surface area contributed by atoms with Crippen LogP contribution in [0.3, 0.4) is 0 Å². The molecule has 1 aromatic rings. The number of allylic oxidation sites excluding steroid dienone is 3. The van der Waals surface area contributed by atoms with Gasteiger partial charge in [0.25, 0.3) is 0 Å². The molecule has 0 aromatic heterocycles. The number of hydrogen-bond donors (Lipinski definition) is 0. The van der Waals surface area contributed by atoms with Gasteiger partial charge in [0.2, 0.25) is 0 Å². The quantitative estimate of drug-likeness (QED) is 0.494. The number of ether oxygens (including phenoxy) is 1. The van der Waals surface area contributed by atoms with Crippen molar-refractivity contribution in [2.24, 2.45) is 0 Å². The molecule has 0 saturated heterocycles. The molecule has 0 aliphatic carbocycles. The second kappa shape index (κ2) is 8.35. The molecular weight excluding hydrogens is 438 g/mol. The summed E-state index contributed by atoms with van der Waals surface area (Å²) in [5.74, 6) is 0.898. The minimum atomic E-state index is 0. The minimum Gasteiger partial charge on any atom is -0.494 e. The third-order valence-corrected chi connectivity index (χ3v) is 3.90. The Morgan fingerprint density at radius 1 is 1.25 bits per heavy atom. The molecule has 0 fully saturated rings. The average molecular weight is 455 g/mol. The summed E-state index contributed by atoms with van der Waals surface area (Å²) in [6.45, 7) is 9.81. The van der Waals surface area contributed by atoms with Gasteiger partial charge in [-0.3, -0.25) is 0 Å². The Morgan fingerprint density at radius 3 is 2.45 bits per heavy atom. The molecule has 0 unspecified atom stereocenters. The van der Waals surface area contributed by atoms with Crippen LogP contribution in [0.4, 0.5) is 0 Å². The maximum Gasteiger partial charge on any atom is 0.117 e. The Bertz CT molecular complexity index is 534. The van der Waals surface area contributed by atoms with Crippen molar-refractivity contribution in [1.29, 1.82) is 0 Å². The molecule has 103 valence electrons. The van der Waals surface area contributed by atoms with Crippen LogP contribution in [0.5, 0.6) is 5.75 Å². The molecular formula is C16H17INOY-. The fourth-order valence-electron chi connectivity index (χ4n) is 2.02. The molecule has 1 aliphatic rings. The van der Waals surface area contributed by atoms with Crippen LogP contribution in [0.15, 0.2) is 46.2 Å². The van der Waals surface area contributed by atoms with Crippen molar-refractivity contribution in [3.05, 3.63) is 57.8 Å². The van der Waals surface area contributed by atoms with Gasteiger partial charge >= 0.3 is 0 Å². The first-order valence-corrected chi connectivity index (χ1v) is 7.44. The number of rotatable bonds is 4. The molecule has 1 heterocycles. The Kier molecular flexibility index (Phi) is 7.48. The number of nitrogens with zero attached hydrogens (tertiary/aromatic N) is 1. The maximum absolute atomic E-state index is 5.47. The summed E-state index contributed by atoms with van der Waals surface area (Å²) in [7, 11) is 0. The Hall–Kier alpha value is -0.126. The summed E-state index contributed by atoms with van der Waals surface area (Å²) < 4.78 is 6.60. The molecule has 0 amide bonds. The van der Waals surface area contributed by atoms with Gasteiger partial charge in [-0.15, -0.1) is 34.7 Å². The van der Waals surface area contributed by atoms with Crippen molar-refractivity contribution in [3.63, 3.8) is 0 Å². The second-order valence-electron chi connectivity index (χ2n) is 4.13. The summed E-state index contributed by atoms with van der Waals surface area (Å²) in [5, 5.41) is 0. The monoisotopic (exact) mass is 455 g/mol. The molecule has 1 aliphatic heterocycles. The van der Waals surface area contributed by atoms with Crippen LogP contribution in [0.2, 0.25) is 0 Å². The van der Waals surface area contributed by atoms with Gasteiger partial charge in [-0.25, -0.2) is 0 Å². The molecule has 0 spiro atoms. The van der Waals surface area contributed by atoms with Crippen molar-refractivity contribution in [2.45, 2.75) is 13.8 Å². The molecule has 1 aromatic carbocycles.